The summed E-state index contributed by atoms with van der Waals surface area (Å²) < 4.78 is 0. The summed E-state index contributed by atoms with van der Waals surface area (Å²) in [5.41, 5.74) is 4.15. The van der Waals surface area contributed by atoms with Crippen LogP contribution in [0.1, 0.15) is 11.1 Å². The fraction of sp³-hybridized carbons (Fsp3) is 0. The normalized spacial score (nSPS) is 12.6. The van der Waals surface area contributed by atoms with E-state index in [2.05, 4.69) is 23.2 Å². The zero-order valence-corrected chi connectivity index (χ0v) is 8.72. The second-order valence-electron chi connectivity index (χ2n) is 3.67. The first-order valence-electron chi connectivity index (χ1n) is 5.26. The quantitative estimate of drug-likeness (QED) is 0.630. The second kappa shape index (κ2) is 3.73. The molecule has 74 valence electrons. The number of nitrogens with zero attached hydrogens (tertiary/aromatic N) is 1. The standard InChI is InChI=1S/C15H10N/c1-2-6-12(7-3-1)15-11-10-13-8-4-5-9-14(13)16-15/h1-9,11H/q+1. The Hall–Kier alpha value is -2.24. The Morgan fingerprint density at radius 2 is 1.56 bits per heavy atom. The van der Waals surface area contributed by atoms with Crippen LogP contribution in [0.3, 0.4) is 0 Å². The molecule has 0 N–H and O–H groups in total. The Kier molecular flexibility index (Phi) is 2.10. The largest absolute Gasteiger partial charge is 0.174 e. The van der Waals surface area contributed by atoms with E-state index in [0.29, 0.717) is 0 Å². The van der Waals surface area contributed by atoms with Crippen molar-refractivity contribution in [3.63, 3.8) is 0 Å². The number of para-hydroxylation sites is 1. The summed E-state index contributed by atoms with van der Waals surface area (Å²) in [7, 11) is 0. The molecule has 0 bridgehead atoms. The highest BCUT2D eigenvalue weighted by molar-refractivity contribution is 6.10. The lowest BCUT2D eigenvalue weighted by Crippen LogP contribution is -1.99. The molecule has 0 aliphatic carbocycles. The Labute approximate surface area is 94.8 Å². The van der Waals surface area contributed by atoms with Crippen molar-refractivity contribution in [1.29, 1.82) is 0 Å². The Balaban J connectivity index is 2.09. The lowest BCUT2D eigenvalue weighted by atomic mass is 10.0. The van der Waals surface area contributed by atoms with Gasteiger partial charge in [-0.3, -0.25) is 0 Å². The third kappa shape index (κ3) is 1.54. The van der Waals surface area contributed by atoms with Crippen molar-refractivity contribution in [1.82, 2.24) is 0 Å². The third-order valence-electron chi connectivity index (χ3n) is 2.58. The summed E-state index contributed by atoms with van der Waals surface area (Å²) in [5.74, 6) is 0. The van der Waals surface area contributed by atoms with Gasteiger partial charge in [0.05, 0.1) is 0 Å². The fourth-order valence-corrected chi connectivity index (χ4v) is 1.76. The molecule has 0 radical (unpaired) electrons. The first kappa shape index (κ1) is 9.02. The van der Waals surface area contributed by atoms with Gasteiger partial charge >= 0.3 is 0 Å². The van der Waals surface area contributed by atoms with Gasteiger partial charge in [-0.15, -0.1) is 4.99 Å². The van der Waals surface area contributed by atoms with Crippen molar-refractivity contribution in [2.75, 3.05) is 0 Å². The number of hydrogen-bond donors (Lipinski definition) is 0. The number of benzene rings is 2. The molecule has 0 spiro atoms. The molecular weight excluding hydrogens is 194 g/mol. The minimum absolute atomic E-state index is 0.972. The van der Waals surface area contributed by atoms with Crippen LogP contribution in [0.15, 0.2) is 65.7 Å². The van der Waals surface area contributed by atoms with Gasteiger partial charge in [0.2, 0.25) is 0 Å². The van der Waals surface area contributed by atoms with Crippen LogP contribution >= 0.6 is 0 Å². The molecule has 2 aromatic rings. The predicted molar refractivity (Wildman–Crippen MR) is 66.0 cm³/mol. The highest BCUT2D eigenvalue weighted by Crippen LogP contribution is 2.24. The van der Waals surface area contributed by atoms with E-state index in [4.69, 9.17) is 0 Å². The van der Waals surface area contributed by atoms with Gasteiger partial charge in [0.25, 0.3) is 0 Å². The van der Waals surface area contributed by atoms with Crippen LogP contribution in [-0.2, 0) is 0 Å². The van der Waals surface area contributed by atoms with Gasteiger partial charge in [0, 0.05) is 23.8 Å². The van der Waals surface area contributed by atoms with Crippen molar-refractivity contribution >= 4 is 11.4 Å². The van der Waals surface area contributed by atoms with Crippen molar-refractivity contribution in [3.05, 3.63) is 77.9 Å². The molecule has 0 saturated heterocycles. The van der Waals surface area contributed by atoms with Crippen LogP contribution in [0.25, 0.3) is 0 Å². The summed E-state index contributed by atoms with van der Waals surface area (Å²) >= 11 is 0. The number of rotatable bonds is 1. The number of aliphatic imine (C=N–C) groups is 1. The van der Waals surface area contributed by atoms with Crippen molar-refractivity contribution < 1.29 is 0 Å². The molecule has 0 atom stereocenters. The van der Waals surface area contributed by atoms with E-state index < -0.39 is 0 Å². The van der Waals surface area contributed by atoms with Crippen molar-refractivity contribution in [3.8, 4) is 0 Å². The smallest absolute Gasteiger partial charge is 0.148 e. The van der Waals surface area contributed by atoms with Gasteiger partial charge in [-0.1, -0.05) is 18.2 Å². The Morgan fingerprint density at radius 1 is 0.812 bits per heavy atom. The Morgan fingerprint density at radius 3 is 2.44 bits per heavy atom. The van der Waals surface area contributed by atoms with Gasteiger partial charge in [-0.25, -0.2) is 0 Å². The summed E-state index contributed by atoms with van der Waals surface area (Å²) in [4.78, 5) is 4.61. The molecule has 0 unspecified atom stereocenters. The van der Waals surface area contributed by atoms with Gasteiger partial charge in [0.1, 0.15) is 6.08 Å². The number of allylic oxidation sites excluding steroid dienone is 1. The molecule has 3 rings (SSSR count). The van der Waals surface area contributed by atoms with E-state index in [9.17, 15) is 0 Å². The van der Waals surface area contributed by atoms with Crippen LogP contribution < -0.4 is 0 Å². The van der Waals surface area contributed by atoms with E-state index in [1.165, 1.54) is 0 Å². The van der Waals surface area contributed by atoms with Crippen molar-refractivity contribution in [2.45, 2.75) is 0 Å². The topological polar surface area (TPSA) is 12.4 Å². The molecule has 1 aliphatic rings. The van der Waals surface area contributed by atoms with E-state index in [-0.39, 0.29) is 0 Å². The highest BCUT2D eigenvalue weighted by atomic mass is 14.8. The maximum atomic E-state index is 4.61. The SMILES string of the molecule is [C+]1=CC(c2ccccc2)=Nc2ccccc21. The fourth-order valence-electron chi connectivity index (χ4n) is 1.76. The van der Waals surface area contributed by atoms with Crippen molar-refractivity contribution in [2.24, 2.45) is 4.99 Å². The Bertz CT molecular complexity index is 565. The third-order valence-corrected chi connectivity index (χ3v) is 2.58. The van der Waals surface area contributed by atoms with Crippen LogP contribution in [0.2, 0.25) is 0 Å². The summed E-state index contributed by atoms with van der Waals surface area (Å²) in [5, 5.41) is 0. The maximum Gasteiger partial charge on any atom is 0.174 e. The highest BCUT2D eigenvalue weighted by Gasteiger charge is 2.15. The molecule has 0 fully saturated rings. The molecule has 2 aromatic carbocycles. The minimum atomic E-state index is 0.972. The minimum Gasteiger partial charge on any atom is -0.148 e. The summed E-state index contributed by atoms with van der Waals surface area (Å²) in [6.45, 7) is 0. The average molecular weight is 204 g/mol. The zero-order chi connectivity index (χ0) is 10.8. The molecule has 1 heteroatoms. The van der Waals surface area contributed by atoms with Gasteiger partial charge in [-0.05, 0) is 24.3 Å². The molecule has 16 heavy (non-hydrogen) atoms. The molecular formula is C15H10N+. The molecule has 1 nitrogen and oxygen atoms in total. The lowest BCUT2D eigenvalue weighted by Gasteiger charge is -2.00. The molecule has 0 aromatic heterocycles. The summed E-state index contributed by atoms with van der Waals surface area (Å²) in [6, 6.07) is 18.2. The number of hydrogen-bond acceptors (Lipinski definition) is 1. The van der Waals surface area contributed by atoms with E-state index in [1.54, 1.807) is 0 Å². The van der Waals surface area contributed by atoms with Gasteiger partial charge < -0.3 is 0 Å². The van der Waals surface area contributed by atoms with Crippen LogP contribution in [-0.4, -0.2) is 5.71 Å². The monoisotopic (exact) mass is 204 g/mol. The molecule has 0 amide bonds. The molecule has 0 saturated carbocycles. The average Bonchev–Trinajstić information content (AvgIpc) is 2.39. The van der Waals surface area contributed by atoms with E-state index in [0.717, 1.165) is 22.5 Å². The van der Waals surface area contributed by atoms with Gasteiger partial charge in [-0.2, -0.15) is 0 Å². The zero-order valence-electron chi connectivity index (χ0n) is 8.72. The first-order chi connectivity index (χ1) is 7.93. The van der Waals surface area contributed by atoms with E-state index in [1.807, 2.05) is 48.5 Å². The predicted octanol–water partition coefficient (Wildman–Crippen LogP) is 3.53. The van der Waals surface area contributed by atoms with Crippen LogP contribution in [0.4, 0.5) is 5.69 Å². The first-order valence-corrected chi connectivity index (χ1v) is 5.26. The van der Waals surface area contributed by atoms with Crippen LogP contribution in [0, 0.1) is 6.08 Å². The second-order valence-corrected chi connectivity index (χ2v) is 3.67. The number of fused-ring (bicyclic) bond motifs is 1. The maximum absolute atomic E-state index is 4.61. The van der Waals surface area contributed by atoms with Gasteiger partial charge in [0.15, 0.2) is 17.0 Å². The molecule has 1 aliphatic heterocycles. The summed E-state index contributed by atoms with van der Waals surface area (Å²) in [6.07, 6.45) is 5.20. The molecule has 1 heterocycles. The van der Waals surface area contributed by atoms with Crippen LogP contribution in [0.5, 0.6) is 0 Å². The van der Waals surface area contributed by atoms with E-state index >= 15 is 0 Å². The lowest BCUT2D eigenvalue weighted by molar-refractivity contribution is 1.42.